The molecule has 0 aromatic heterocycles. The van der Waals surface area contributed by atoms with Gasteiger partial charge < -0.3 is 5.32 Å². The summed E-state index contributed by atoms with van der Waals surface area (Å²) in [4.78, 5) is 0. The van der Waals surface area contributed by atoms with Gasteiger partial charge in [0.2, 0.25) is 0 Å². The standard InChI is InChI=1S/C30H24ClN/c1-21(22-12-6-3-7-13-22)26-18-25(31)19-27-28(23-14-8-4-9-15-23)20-30(2,32-29(26)27)24-16-10-5-11-17-24/h3-20,32H,1H2,2H3. The number of hydrogen-bond acceptors (Lipinski definition) is 1. The molecule has 1 aliphatic rings. The minimum atomic E-state index is -0.390. The van der Waals surface area contributed by atoms with Crippen LogP contribution in [0.4, 0.5) is 5.69 Å². The molecule has 1 atom stereocenters. The van der Waals surface area contributed by atoms with E-state index in [9.17, 15) is 0 Å². The van der Waals surface area contributed by atoms with E-state index in [4.69, 9.17) is 11.6 Å². The first-order chi connectivity index (χ1) is 15.5. The first-order valence-electron chi connectivity index (χ1n) is 10.8. The van der Waals surface area contributed by atoms with Crippen molar-refractivity contribution in [2.24, 2.45) is 0 Å². The lowest BCUT2D eigenvalue weighted by atomic mass is 9.80. The fourth-order valence-electron chi connectivity index (χ4n) is 4.45. The molecular formula is C30H24ClN. The quantitative estimate of drug-likeness (QED) is 0.342. The third-order valence-corrected chi connectivity index (χ3v) is 6.33. The van der Waals surface area contributed by atoms with Crippen LogP contribution in [0.25, 0.3) is 11.1 Å². The zero-order valence-corrected chi connectivity index (χ0v) is 18.7. The molecule has 156 valence electrons. The van der Waals surface area contributed by atoms with Crippen molar-refractivity contribution >= 4 is 28.4 Å². The van der Waals surface area contributed by atoms with Crippen molar-refractivity contribution in [2.75, 3.05) is 5.32 Å². The van der Waals surface area contributed by atoms with Gasteiger partial charge in [-0.15, -0.1) is 0 Å². The lowest BCUT2D eigenvalue weighted by molar-refractivity contribution is 0.685. The van der Waals surface area contributed by atoms with E-state index in [1.165, 1.54) is 5.56 Å². The van der Waals surface area contributed by atoms with E-state index in [1.807, 2.05) is 36.4 Å². The number of anilines is 1. The SMILES string of the molecule is C=C(c1ccccc1)c1cc(Cl)cc2c1NC(C)(c1ccccc1)C=C2c1ccccc1. The van der Waals surface area contributed by atoms with Crippen molar-refractivity contribution in [3.63, 3.8) is 0 Å². The molecule has 1 N–H and O–H groups in total. The molecule has 0 saturated carbocycles. The molecule has 4 aromatic carbocycles. The van der Waals surface area contributed by atoms with Crippen LogP contribution < -0.4 is 5.32 Å². The van der Waals surface area contributed by atoms with Gasteiger partial charge in [-0.3, -0.25) is 0 Å². The van der Waals surface area contributed by atoms with E-state index in [-0.39, 0.29) is 5.54 Å². The molecule has 0 fully saturated rings. The third-order valence-electron chi connectivity index (χ3n) is 6.12. The Balaban J connectivity index is 1.76. The number of fused-ring (bicyclic) bond motifs is 1. The summed E-state index contributed by atoms with van der Waals surface area (Å²) in [6, 6.07) is 35.4. The Labute approximate surface area is 194 Å². The highest BCUT2D eigenvalue weighted by atomic mass is 35.5. The van der Waals surface area contributed by atoms with Crippen LogP contribution in [0.1, 0.15) is 34.7 Å². The molecule has 1 aliphatic heterocycles. The fraction of sp³-hybridized carbons (Fsp3) is 0.0667. The normalized spacial score (nSPS) is 17.1. The Morgan fingerprint density at radius 1 is 0.812 bits per heavy atom. The molecule has 2 heteroatoms. The average molecular weight is 434 g/mol. The topological polar surface area (TPSA) is 12.0 Å². The Hall–Kier alpha value is -3.55. The van der Waals surface area contributed by atoms with E-state index in [0.717, 1.165) is 39.1 Å². The molecule has 0 bridgehead atoms. The second-order valence-electron chi connectivity index (χ2n) is 8.34. The van der Waals surface area contributed by atoms with Crippen LogP contribution in [0.5, 0.6) is 0 Å². The molecule has 32 heavy (non-hydrogen) atoms. The summed E-state index contributed by atoms with van der Waals surface area (Å²) in [6.45, 7) is 6.66. The van der Waals surface area contributed by atoms with E-state index >= 15 is 0 Å². The summed E-state index contributed by atoms with van der Waals surface area (Å²) < 4.78 is 0. The van der Waals surface area contributed by atoms with Crippen molar-refractivity contribution in [3.8, 4) is 0 Å². The minimum Gasteiger partial charge on any atom is -0.371 e. The molecule has 0 aliphatic carbocycles. The van der Waals surface area contributed by atoms with Gasteiger partial charge in [-0.1, -0.05) is 109 Å². The Bertz CT molecular complexity index is 1310. The molecular weight excluding hydrogens is 410 g/mol. The number of halogens is 1. The van der Waals surface area contributed by atoms with Crippen molar-refractivity contribution in [1.29, 1.82) is 0 Å². The number of nitrogens with one attached hydrogen (secondary N) is 1. The smallest absolute Gasteiger partial charge is 0.0790 e. The molecule has 4 aromatic rings. The summed E-state index contributed by atoms with van der Waals surface area (Å²) in [7, 11) is 0. The summed E-state index contributed by atoms with van der Waals surface area (Å²) in [6.07, 6.45) is 2.31. The molecule has 0 amide bonds. The number of benzene rings is 4. The zero-order valence-electron chi connectivity index (χ0n) is 18.0. The predicted octanol–water partition coefficient (Wildman–Crippen LogP) is 8.17. The van der Waals surface area contributed by atoms with Crippen molar-refractivity contribution in [3.05, 3.63) is 149 Å². The van der Waals surface area contributed by atoms with Crippen LogP contribution >= 0.6 is 11.6 Å². The van der Waals surface area contributed by atoms with Crippen LogP contribution in [0, 0.1) is 0 Å². The van der Waals surface area contributed by atoms with Gasteiger partial charge in [-0.25, -0.2) is 0 Å². The van der Waals surface area contributed by atoms with Gasteiger partial charge >= 0.3 is 0 Å². The molecule has 1 nitrogen and oxygen atoms in total. The van der Waals surface area contributed by atoms with Gasteiger partial charge in [0.25, 0.3) is 0 Å². The first-order valence-corrected chi connectivity index (χ1v) is 11.1. The molecule has 1 unspecified atom stereocenters. The average Bonchev–Trinajstić information content (AvgIpc) is 2.85. The molecule has 0 spiro atoms. The maximum atomic E-state index is 6.66. The van der Waals surface area contributed by atoms with Crippen LogP contribution in [-0.2, 0) is 5.54 Å². The lowest BCUT2D eigenvalue weighted by Crippen LogP contribution is -2.33. The van der Waals surface area contributed by atoms with E-state index in [0.29, 0.717) is 5.02 Å². The number of rotatable bonds is 4. The zero-order chi connectivity index (χ0) is 22.1. The van der Waals surface area contributed by atoms with E-state index in [2.05, 4.69) is 91.6 Å². The Morgan fingerprint density at radius 2 is 1.41 bits per heavy atom. The van der Waals surface area contributed by atoms with Crippen molar-refractivity contribution < 1.29 is 0 Å². The summed E-state index contributed by atoms with van der Waals surface area (Å²) in [5.41, 5.74) is 8.32. The second-order valence-corrected chi connectivity index (χ2v) is 8.77. The number of hydrogen-bond donors (Lipinski definition) is 1. The van der Waals surface area contributed by atoms with E-state index < -0.39 is 0 Å². The highest BCUT2D eigenvalue weighted by molar-refractivity contribution is 6.31. The maximum absolute atomic E-state index is 6.66. The third kappa shape index (κ3) is 3.66. The summed E-state index contributed by atoms with van der Waals surface area (Å²) >= 11 is 6.66. The van der Waals surface area contributed by atoms with Crippen LogP contribution in [0.3, 0.4) is 0 Å². The minimum absolute atomic E-state index is 0.390. The van der Waals surface area contributed by atoms with Gasteiger partial charge in [-0.2, -0.15) is 0 Å². The van der Waals surface area contributed by atoms with Gasteiger partial charge in [0, 0.05) is 16.1 Å². The molecule has 5 rings (SSSR count). The lowest BCUT2D eigenvalue weighted by Gasteiger charge is -2.37. The van der Waals surface area contributed by atoms with E-state index in [1.54, 1.807) is 0 Å². The first kappa shape index (κ1) is 20.4. The van der Waals surface area contributed by atoms with Crippen LogP contribution in [-0.4, -0.2) is 0 Å². The molecule has 0 radical (unpaired) electrons. The monoisotopic (exact) mass is 433 g/mol. The Morgan fingerprint density at radius 3 is 2.06 bits per heavy atom. The van der Waals surface area contributed by atoms with Gasteiger partial charge in [0.05, 0.1) is 11.2 Å². The predicted molar refractivity (Wildman–Crippen MR) is 137 cm³/mol. The highest BCUT2D eigenvalue weighted by Gasteiger charge is 2.33. The molecule has 1 heterocycles. The fourth-order valence-corrected chi connectivity index (χ4v) is 4.66. The van der Waals surface area contributed by atoms with Crippen LogP contribution in [0.2, 0.25) is 5.02 Å². The summed E-state index contributed by atoms with van der Waals surface area (Å²) in [5.74, 6) is 0. The highest BCUT2D eigenvalue weighted by Crippen LogP contribution is 2.46. The van der Waals surface area contributed by atoms with Crippen LogP contribution in [0.15, 0.2) is 116 Å². The van der Waals surface area contributed by atoms with Crippen molar-refractivity contribution in [2.45, 2.75) is 12.5 Å². The van der Waals surface area contributed by atoms with Gasteiger partial charge in [0.1, 0.15) is 0 Å². The largest absolute Gasteiger partial charge is 0.371 e. The molecule has 0 saturated heterocycles. The van der Waals surface area contributed by atoms with Gasteiger partial charge in [-0.05, 0) is 53.0 Å². The van der Waals surface area contributed by atoms with Crippen molar-refractivity contribution in [1.82, 2.24) is 0 Å². The van der Waals surface area contributed by atoms with Gasteiger partial charge in [0.15, 0.2) is 0 Å². The maximum Gasteiger partial charge on any atom is 0.0790 e. The Kier molecular flexibility index (Phi) is 5.20. The second kappa shape index (κ2) is 8.18. The summed E-state index contributed by atoms with van der Waals surface area (Å²) in [5, 5.41) is 4.54.